The van der Waals surface area contributed by atoms with Gasteiger partial charge in [0, 0.05) is 6.42 Å². The Morgan fingerprint density at radius 3 is 1.15 bits per heavy atom. The third-order valence-corrected chi connectivity index (χ3v) is 17.0. The molecule has 0 aromatic heterocycles. The lowest BCUT2D eigenvalue weighted by Gasteiger charge is -2.46. The average molecular weight is 1140 g/mol. The van der Waals surface area contributed by atoms with E-state index in [0.29, 0.717) is 6.42 Å². The Hall–Kier alpha value is -1.27. The number of hydrogen-bond donors (Lipinski definition) is 9. The van der Waals surface area contributed by atoms with E-state index >= 15 is 0 Å². The number of aliphatic hydroxyl groups is 8. The number of unbranched alkanes of at least 4 members (excludes halogenated alkanes) is 43. The molecule has 12 atom stereocenters. The summed E-state index contributed by atoms with van der Waals surface area (Å²) in [5.41, 5.74) is 0. The van der Waals surface area contributed by atoms with Crippen LogP contribution in [0.3, 0.4) is 0 Å². The van der Waals surface area contributed by atoms with Crippen LogP contribution in [0.5, 0.6) is 0 Å². The summed E-state index contributed by atoms with van der Waals surface area (Å²) in [5.74, 6) is -0.235. The Bertz CT molecular complexity index is 1390. The van der Waals surface area contributed by atoms with Crippen molar-refractivity contribution in [3.63, 3.8) is 0 Å². The minimum atomic E-state index is -1.78. The van der Waals surface area contributed by atoms with Crippen molar-refractivity contribution in [2.75, 3.05) is 19.8 Å². The summed E-state index contributed by atoms with van der Waals surface area (Å²) in [4.78, 5) is 13.2. The lowest BCUT2D eigenvalue weighted by molar-refractivity contribution is -0.359. The van der Waals surface area contributed by atoms with Crippen LogP contribution in [-0.4, -0.2) is 140 Å². The van der Waals surface area contributed by atoms with Crippen LogP contribution in [0.1, 0.15) is 309 Å². The molecule has 2 aliphatic heterocycles. The van der Waals surface area contributed by atoms with Gasteiger partial charge in [-0.2, -0.15) is 0 Å². The van der Waals surface area contributed by atoms with Gasteiger partial charge >= 0.3 is 0 Å². The highest BCUT2D eigenvalue weighted by Gasteiger charge is 2.51. The normalized spacial score (nSPS) is 24.2. The highest BCUT2D eigenvalue weighted by Crippen LogP contribution is 2.30. The topological polar surface area (TPSA) is 228 Å². The lowest BCUT2D eigenvalue weighted by atomic mass is 9.97. The van der Waals surface area contributed by atoms with E-state index < -0.39 is 86.8 Å². The molecule has 2 fully saturated rings. The molecule has 14 heteroatoms. The van der Waals surface area contributed by atoms with Crippen LogP contribution in [0.25, 0.3) is 0 Å². The summed E-state index contributed by atoms with van der Waals surface area (Å²) in [6.07, 6.45) is 46.2. The molecule has 0 saturated carbocycles. The maximum absolute atomic E-state index is 13.2. The average Bonchev–Trinajstić information content (AvgIpc) is 3.49. The molecule has 0 radical (unpaired) electrons. The summed E-state index contributed by atoms with van der Waals surface area (Å²) < 4.78 is 22.7. The van der Waals surface area contributed by atoms with Crippen molar-refractivity contribution in [1.82, 2.24) is 5.32 Å². The van der Waals surface area contributed by atoms with Crippen molar-refractivity contribution >= 4 is 5.91 Å². The molecule has 2 rings (SSSR count). The van der Waals surface area contributed by atoms with E-state index in [0.717, 1.165) is 38.5 Å². The minimum Gasteiger partial charge on any atom is -0.394 e. The molecular weight excluding hydrogens is 1010 g/mol. The van der Waals surface area contributed by atoms with Gasteiger partial charge in [0.15, 0.2) is 12.6 Å². The molecule has 2 heterocycles. The van der Waals surface area contributed by atoms with Crippen LogP contribution < -0.4 is 5.32 Å². The van der Waals surface area contributed by atoms with Gasteiger partial charge in [-0.1, -0.05) is 296 Å². The van der Waals surface area contributed by atoms with Gasteiger partial charge in [0.05, 0.1) is 32.0 Å². The van der Waals surface area contributed by atoms with E-state index in [1.54, 1.807) is 6.08 Å². The van der Waals surface area contributed by atoms with Gasteiger partial charge in [0.1, 0.15) is 48.8 Å². The summed E-state index contributed by atoms with van der Waals surface area (Å²) in [7, 11) is 0. The van der Waals surface area contributed by atoms with Crippen LogP contribution in [-0.2, 0) is 23.7 Å². The predicted molar refractivity (Wildman–Crippen MR) is 323 cm³/mol. The number of hydrogen-bond acceptors (Lipinski definition) is 13. The van der Waals surface area contributed by atoms with Gasteiger partial charge < -0.3 is 65.1 Å². The smallest absolute Gasteiger partial charge is 0.220 e. The molecular formula is C66H127NO13. The first-order valence-electron chi connectivity index (χ1n) is 33.9. The van der Waals surface area contributed by atoms with Crippen LogP contribution in [0.4, 0.5) is 0 Å². The molecule has 0 spiro atoms. The number of carbonyl (C=O) groups excluding carboxylic acids is 1. The summed E-state index contributed by atoms with van der Waals surface area (Å²) in [5, 5.41) is 86.9. The Morgan fingerprint density at radius 1 is 0.438 bits per heavy atom. The monoisotopic (exact) mass is 1140 g/mol. The third-order valence-electron chi connectivity index (χ3n) is 17.0. The second-order valence-electron chi connectivity index (χ2n) is 24.3. The number of amides is 1. The molecule has 2 aliphatic rings. The van der Waals surface area contributed by atoms with Gasteiger partial charge in [0.25, 0.3) is 0 Å². The minimum absolute atomic E-state index is 0.235. The fourth-order valence-electron chi connectivity index (χ4n) is 11.5. The second-order valence-corrected chi connectivity index (χ2v) is 24.3. The van der Waals surface area contributed by atoms with E-state index in [1.165, 1.54) is 244 Å². The summed E-state index contributed by atoms with van der Waals surface area (Å²) in [6, 6.07) is -0.908. The zero-order valence-electron chi connectivity index (χ0n) is 51.4. The zero-order chi connectivity index (χ0) is 58.1. The highest BCUT2D eigenvalue weighted by molar-refractivity contribution is 5.76. The van der Waals surface area contributed by atoms with Crippen molar-refractivity contribution in [3.05, 3.63) is 12.2 Å². The van der Waals surface area contributed by atoms with E-state index in [-0.39, 0.29) is 18.9 Å². The molecule has 1 amide bonds. The number of carbonyl (C=O) groups is 1. The van der Waals surface area contributed by atoms with E-state index in [2.05, 4.69) is 19.2 Å². The first-order chi connectivity index (χ1) is 39.1. The van der Waals surface area contributed by atoms with Gasteiger partial charge in [-0.3, -0.25) is 4.79 Å². The number of aliphatic hydroxyl groups excluding tert-OH is 8. The number of ether oxygens (including phenoxy) is 4. The van der Waals surface area contributed by atoms with E-state index in [1.807, 2.05) is 6.08 Å². The molecule has 14 nitrogen and oxygen atoms in total. The molecule has 80 heavy (non-hydrogen) atoms. The Labute approximate surface area is 488 Å². The van der Waals surface area contributed by atoms with Crippen LogP contribution in [0.15, 0.2) is 12.2 Å². The lowest BCUT2D eigenvalue weighted by Crippen LogP contribution is -2.65. The van der Waals surface area contributed by atoms with Crippen molar-refractivity contribution in [2.45, 2.75) is 383 Å². The summed E-state index contributed by atoms with van der Waals surface area (Å²) >= 11 is 0. The fourth-order valence-corrected chi connectivity index (χ4v) is 11.5. The first kappa shape index (κ1) is 74.8. The maximum Gasteiger partial charge on any atom is 0.220 e. The van der Waals surface area contributed by atoms with E-state index in [9.17, 15) is 45.6 Å². The maximum atomic E-state index is 13.2. The largest absolute Gasteiger partial charge is 0.394 e. The van der Waals surface area contributed by atoms with Gasteiger partial charge in [0.2, 0.25) is 5.91 Å². The van der Waals surface area contributed by atoms with Gasteiger partial charge in [-0.25, -0.2) is 0 Å². The predicted octanol–water partition coefficient (Wildman–Crippen LogP) is 13.0. The fraction of sp³-hybridized carbons (Fsp3) is 0.955. The van der Waals surface area contributed by atoms with Crippen LogP contribution in [0.2, 0.25) is 0 Å². The standard InChI is InChI=1S/C66H127NO13/c1-3-5-7-9-11-13-14-15-16-17-18-19-20-21-22-23-24-25-26-27-28-29-30-31-32-33-34-35-36-37-38-39-40-42-44-46-48-50-58(71)67-54(55(70)49-47-45-43-41-12-10-8-6-4-2)53-77-65-63(76)61(74)64(57(52-69)79-65)80-66-62(75)60(73)59(72)56(51-68)78-66/h47,49,54-57,59-66,68-70,72-76H,3-46,48,50-53H2,1-2H3,(H,67,71)/b49-47+. The molecule has 474 valence electrons. The number of allylic oxidation sites excluding steroid dienone is 1. The molecule has 2 saturated heterocycles. The molecule has 0 bridgehead atoms. The Kier molecular flexibility index (Phi) is 48.7. The molecule has 0 aromatic carbocycles. The Balaban J connectivity index is 1.52. The van der Waals surface area contributed by atoms with Crippen molar-refractivity contribution in [2.24, 2.45) is 0 Å². The molecule has 0 aromatic rings. The van der Waals surface area contributed by atoms with Crippen molar-refractivity contribution in [1.29, 1.82) is 0 Å². The molecule has 0 aliphatic carbocycles. The highest BCUT2D eigenvalue weighted by atomic mass is 16.7. The van der Waals surface area contributed by atoms with Crippen molar-refractivity contribution in [3.8, 4) is 0 Å². The third kappa shape index (κ3) is 36.5. The Morgan fingerprint density at radius 2 is 0.775 bits per heavy atom. The molecule has 12 unspecified atom stereocenters. The van der Waals surface area contributed by atoms with Crippen LogP contribution >= 0.6 is 0 Å². The van der Waals surface area contributed by atoms with Crippen molar-refractivity contribution < 1.29 is 64.6 Å². The quantitative estimate of drug-likeness (QED) is 0.0204. The second kappa shape index (κ2) is 52.1. The molecule has 9 N–H and O–H groups in total. The van der Waals surface area contributed by atoms with E-state index in [4.69, 9.17) is 18.9 Å². The summed E-state index contributed by atoms with van der Waals surface area (Å²) in [6.45, 7) is 2.79. The first-order valence-corrected chi connectivity index (χ1v) is 33.9. The SMILES string of the molecule is CCCCCCCCC/C=C/C(O)C(COC1OC(CO)C(OC2OC(CO)C(O)C(O)C2O)C(O)C1O)NC(=O)CCCCCCCCCCCCCCCCCCCCCCCCCCCCCCCCCCCCCCC. The van der Waals surface area contributed by atoms with Gasteiger partial charge in [-0.15, -0.1) is 0 Å². The number of rotatable bonds is 56. The zero-order valence-corrected chi connectivity index (χ0v) is 51.4. The number of nitrogens with one attached hydrogen (secondary N) is 1. The van der Waals surface area contributed by atoms with Gasteiger partial charge in [-0.05, 0) is 19.3 Å². The van der Waals surface area contributed by atoms with Crippen LogP contribution in [0, 0.1) is 0 Å².